The number of carboxylic acids is 1. The minimum absolute atomic E-state index is 0.0371. The van der Waals surface area contributed by atoms with Crippen LogP contribution in [0.3, 0.4) is 0 Å². The summed E-state index contributed by atoms with van der Waals surface area (Å²) in [6, 6.07) is 9.87. The van der Waals surface area contributed by atoms with E-state index in [1.54, 1.807) is 0 Å². The van der Waals surface area contributed by atoms with Crippen molar-refractivity contribution in [3.63, 3.8) is 0 Å². The van der Waals surface area contributed by atoms with E-state index >= 15 is 0 Å². The molecule has 8 nitrogen and oxygen atoms in total. The van der Waals surface area contributed by atoms with Crippen LogP contribution in [-0.4, -0.2) is 78.6 Å². The van der Waals surface area contributed by atoms with Gasteiger partial charge in [0.15, 0.2) is 0 Å². The molecule has 8 heteroatoms. The molecule has 0 aromatic heterocycles. The van der Waals surface area contributed by atoms with Gasteiger partial charge in [-0.3, -0.25) is 9.59 Å². The summed E-state index contributed by atoms with van der Waals surface area (Å²) in [6.45, 7) is 4.01. The van der Waals surface area contributed by atoms with E-state index in [0.29, 0.717) is 32.5 Å². The molecule has 2 fully saturated rings. The van der Waals surface area contributed by atoms with Gasteiger partial charge in [-0.25, -0.2) is 4.79 Å². The van der Waals surface area contributed by atoms with E-state index in [1.165, 1.54) is 10.6 Å². The predicted octanol–water partition coefficient (Wildman–Crippen LogP) is 1.23. The van der Waals surface area contributed by atoms with Crippen LogP contribution in [0.4, 0.5) is 10.5 Å². The molecule has 1 aromatic carbocycles. The fourth-order valence-corrected chi connectivity index (χ4v) is 3.76. The van der Waals surface area contributed by atoms with Crippen molar-refractivity contribution in [3.05, 3.63) is 30.3 Å². The molecule has 1 aromatic rings. The highest BCUT2D eigenvalue weighted by molar-refractivity contribution is 5.79. The van der Waals surface area contributed by atoms with Crippen molar-refractivity contribution in [1.29, 1.82) is 0 Å². The molecule has 1 unspecified atom stereocenters. The Hall–Kier alpha value is -2.77. The molecule has 3 amide bonds. The lowest BCUT2D eigenvalue weighted by Gasteiger charge is -2.36. The van der Waals surface area contributed by atoms with Crippen molar-refractivity contribution in [1.82, 2.24) is 15.1 Å². The van der Waals surface area contributed by atoms with E-state index in [1.807, 2.05) is 23.1 Å². The molecule has 1 atom stereocenters. The van der Waals surface area contributed by atoms with Crippen LogP contribution in [0, 0.1) is 5.92 Å². The summed E-state index contributed by atoms with van der Waals surface area (Å²) in [7, 11) is 0. The number of nitrogens with one attached hydrogen (secondary N) is 1. The van der Waals surface area contributed by atoms with Crippen LogP contribution < -0.4 is 10.2 Å². The maximum atomic E-state index is 12.4. The lowest BCUT2D eigenvalue weighted by molar-refractivity contribution is -0.143. The van der Waals surface area contributed by atoms with Gasteiger partial charge in [0.1, 0.15) is 0 Å². The highest BCUT2D eigenvalue weighted by Crippen LogP contribution is 2.17. The number of carboxylic acid groups (broad SMARTS) is 1. The summed E-state index contributed by atoms with van der Waals surface area (Å²) in [5.74, 6) is -1.32. The SMILES string of the molecule is O=C(O)C1CCCN(C(=O)NCCC(=O)N2CCN(c3ccccc3)CC2)C1. The molecular weight excluding hydrogens is 360 g/mol. The van der Waals surface area contributed by atoms with Gasteiger partial charge in [-0.15, -0.1) is 0 Å². The summed E-state index contributed by atoms with van der Waals surface area (Å²) in [5.41, 5.74) is 1.17. The molecule has 0 saturated carbocycles. The zero-order valence-corrected chi connectivity index (χ0v) is 16.0. The number of piperidine rings is 1. The molecule has 2 N–H and O–H groups in total. The Labute approximate surface area is 165 Å². The van der Waals surface area contributed by atoms with Crippen molar-refractivity contribution in [2.45, 2.75) is 19.3 Å². The number of hydrogen-bond donors (Lipinski definition) is 2. The molecular formula is C20H28N4O4. The Bertz CT molecular complexity index is 689. The Kier molecular flexibility index (Phi) is 6.73. The third kappa shape index (κ3) is 5.15. The second-order valence-corrected chi connectivity index (χ2v) is 7.31. The number of urea groups is 1. The van der Waals surface area contributed by atoms with Crippen molar-refractivity contribution in [2.24, 2.45) is 5.92 Å². The summed E-state index contributed by atoms with van der Waals surface area (Å²) in [6.07, 6.45) is 1.55. The molecule has 2 aliphatic rings. The Morgan fingerprint density at radius 3 is 2.39 bits per heavy atom. The van der Waals surface area contributed by atoms with Crippen LogP contribution in [-0.2, 0) is 9.59 Å². The number of aliphatic carboxylic acids is 1. The Morgan fingerprint density at radius 2 is 1.71 bits per heavy atom. The first kappa shape index (κ1) is 20.0. The van der Waals surface area contributed by atoms with Crippen molar-refractivity contribution in [3.8, 4) is 0 Å². The topological polar surface area (TPSA) is 93.2 Å². The standard InChI is InChI=1S/C20H28N4O4/c25-18(23-13-11-22(12-14-23)17-6-2-1-3-7-17)8-9-21-20(28)24-10-4-5-16(15-24)19(26)27/h1-3,6-7,16H,4-5,8-15H2,(H,21,28)(H,26,27). The second-order valence-electron chi connectivity index (χ2n) is 7.31. The van der Waals surface area contributed by atoms with E-state index in [-0.39, 0.29) is 31.4 Å². The largest absolute Gasteiger partial charge is 0.481 e. The number of nitrogens with zero attached hydrogens (tertiary/aromatic N) is 3. The molecule has 152 valence electrons. The number of carbonyl (C=O) groups excluding carboxylic acids is 2. The number of carbonyl (C=O) groups is 3. The average molecular weight is 388 g/mol. The average Bonchev–Trinajstić information content (AvgIpc) is 2.74. The van der Waals surface area contributed by atoms with Crippen molar-refractivity contribution in [2.75, 3.05) is 50.7 Å². The van der Waals surface area contributed by atoms with Gasteiger partial charge in [-0.2, -0.15) is 0 Å². The number of likely N-dealkylation sites (tertiary alicyclic amines) is 1. The number of amides is 3. The van der Waals surface area contributed by atoms with Crippen molar-refractivity contribution < 1.29 is 19.5 Å². The lowest BCUT2D eigenvalue weighted by Crippen LogP contribution is -2.50. The Morgan fingerprint density at radius 1 is 1.00 bits per heavy atom. The maximum absolute atomic E-state index is 12.4. The number of para-hydroxylation sites is 1. The van der Waals surface area contributed by atoms with Gasteiger partial charge < -0.3 is 25.1 Å². The molecule has 0 radical (unpaired) electrons. The van der Waals surface area contributed by atoms with Crippen LogP contribution in [0.15, 0.2) is 30.3 Å². The fourth-order valence-electron chi connectivity index (χ4n) is 3.76. The third-order valence-corrected chi connectivity index (χ3v) is 5.43. The predicted molar refractivity (Wildman–Crippen MR) is 105 cm³/mol. The molecule has 2 heterocycles. The first-order chi connectivity index (χ1) is 13.5. The molecule has 0 bridgehead atoms. The zero-order chi connectivity index (χ0) is 19.9. The van der Waals surface area contributed by atoms with Gasteiger partial charge in [0.2, 0.25) is 5.91 Å². The summed E-state index contributed by atoms with van der Waals surface area (Å²) in [5, 5.41) is 11.9. The van der Waals surface area contributed by atoms with Gasteiger partial charge in [0.05, 0.1) is 5.92 Å². The van der Waals surface area contributed by atoms with Crippen molar-refractivity contribution >= 4 is 23.6 Å². The van der Waals surface area contributed by atoms with Gasteiger partial charge in [-0.1, -0.05) is 18.2 Å². The van der Waals surface area contributed by atoms with Gasteiger partial charge in [-0.05, 0) is 25.0 Å². The first-order valence-corrected chi connectivity index (χ1v) is 9.88. The summed E-state index contributed by atoms with van der Waals surface area (Å²) < 4.78 is 0. The normalized spacial score (nSPS) is 20.0. The second kappa shape index (κ2) is 9.43. The summed E-state index contributed by atoms with van der Waals surface area (Å²) in [4.78, 5) is 41.4. The number of piperazine rings is 1. The Balaban J connectivity index is 1.37. The molecule has 2 aliphatic heterocycles. The minimum Gasteiger partial charge on any atom is -0.481 e. The maximum Gasteiger partial charge on any atom is 0.317 e. The minimum atomic E-state index is -0.859. The highest BCUT2D eigenvalue weighted by Gasteiger charge is 2.28. The van der Waals surface area contributed by atoms with Crippen LogP contribution in [0.25, 0.3) is 0 Å². The van der Waals surface area contributed by atoms with Crippen LogP contribution in [0.2, 0.25) is 0 Å². The highest BCUT2D eigenvalue weighted by atomic mass is 16.4. The molecule has 0 spiro atoms. The molecule has 2 saturated heterocycles. The monoisotopic (exact) mass is 388 g/mol. The van der Waals surface area contributed by atoms with Crippen LogP contribution >= 0.6 is 0 Å². The van der Waals surface area contributed by atoms with E-state index in [0.717, 1.165) is 13.1 Å². The fraction of sp³-hybridized carbons (Fsp3) is 0.550. The van der Waals surface area contributed by atoms with Gasteiger partial charge in [0, 0.05) is 57.9 Å². The van der Waals surface area contributed by atoms with Gasteiger partial charge >= 0.3 is 12.0 Å². The molecule has 3 rings (SSSR count). The van der Waals surface area contributed by atoms with Crippen LogP contribution in [0.5, 0.6) is 0 Å². The number of rotatable bonds is 5. The number of benzene rings is 1. The third-order valence-electron chi connectivity index (χ3n) is 5.43. The van der Waals surface area contributed by atoms with E-state index in [4.69, 9.17) is 5.11 Å². The quantitative estimate of drug-likeness (QED) is 0.791. The molecule has 0 aliphatic carbocycles. The van der Waals surface area contributed by atoms with Gasteiger partial charge in [0.25, 0.3) is 0 Å². The number of anilines is 1. The zero-order valence-electron chi connectivity index (χ0n) is 16.0. The smallest absolute Gasteiger partial charge is 0.317 e. The van der Waals surface area contributed by atoms with E-state index in [9.17, 15) is 14.4 Å². The first-order valence-electron chi connectivity index (χ1n) is 9.88. The summed E-state index contributed by atoms with van der Waals surface area (Å²) >= 11 is 0. The lowest BCUT2D eigenvalue weighted by atomic mass is 9.99. The van der Waals surface area contributed by atoms with E-state index in [2.05, 4.69) is 22.3 Å². The number of hydrogen-bond acceptors (Lipinski definition) is 4. The van der Waals surface area contributed by atoms with Crippen LogP contribution in [0.1, 0.15) is 19.3 Å². The molecule has 28 heavy (non-hydrogen) atoms. The van der Waals surface area contributed by atoms with E-state index < -0.39 is 11.9 Å².